The van der Waals surface area contributed by atoms with Gasteiger partial charge in [0, 0.05) is 0 Å². The van der Waals surface area contributed by atoms with Crippen molar-refractivity contribution in [2.24, 2.45) is 0 Å². The van der Waals surface area contributed by atoms with Crippen LogP contribution in [0.3, 0.4) is 0 Å². The third kappa shape index (κ3) is 4.05. The van der Waals surface area contributed by atoms with Crippen LogP contribution in [-0.4, -0.2) is 17.1 Å². The number of nitrogens with zero attached hydrogens (tertiary/aromatic N) is 2. The van der Waals surface area contributed by atoms with Crippen molar-refractivity contribution in [1.82, 2.24) is 9.97 Å². The molecule has 1 aromatic carbocycles. The molecule has 0 spiro atoms. The highest BCUT2D eigenvalue weighted by Crippen LogP contribution is 2.19. The summed E-state index contributed by atoms with van der Waals surface area (Å²) >= 11 is 0. The Labute approximate surface area is 122 Å². The molecule has 2 aromatic rings. The summed E-state index contributed by atoms with van der Waals surface area (Å²) in [5.41, 5.74) is 1.67. The lowest BCUT2D eigenvalue weighted by atomic mass is 10.2. The first-order valence-electron chi connectivity index (χ1n) is 7.23. The highest BCUT2D eigenvalue weighted by Gasteiger charge is 2.03. The number of hydrogen-bond acceptors (Lipinski definition) is 3. The van der Waals surface area contributed by atoms with Crippen molar-refractivity contribution >= 4 is 23.2 Å². The van der Waals surface area contributed by atoms with Gasteiger partial charge in [-0.3, -0.25) is 0 Å². The van der Waals surface area contributed by atoms with Crippen LogP contribution in [0.25, 0.3) is 23.2 Å². The zero-order valence-electron chi connectivity index (χ0n) is 13.7. The van der Waals surface area contributed by atoms with Gasteiger partial charge in [0.1, 0.15) is 11.3 Å². The van der Waals surface area contributed by atoms with Gasteiger partial charge in [0.25, 0.3) is 0 Å². The van der Waals surface area contributed by atoms with E-state index in [1.807, 2.05) is 71.9 Å². The van der Waals surface area contributed by atoms with Gasteiger partial charge in [0.15, 0.2) is 0 Å². The molecule has 0 unspecified atom stereocenters. The monoisotopic (exact) mass is 274 g/mol. The molecular weight excluding hydrogens is 248 g/mol. The zero-order valence-corrected chi connectivity index (χ0v) is 13.7. The van der Waals surface area contributed by atoms with Gasteiger partial charge in [-0.1, -0.05) is 45.9 Å². The molecule has 0 fully saturated rings. The number of rotatable bonds is 1. The summed E-state index contributed by atoms with van der Waals surface area (Å²) < 4.78 is 5.27. The Morgan fingerprint density at radius 3 is 1.95 bits per heavy atom. The van der Waals surface area contributed by atoms with Crippen molar-refractivity contribution < 1.29 is 4.74 Å². The number of para-hydroxylation sites is 1. The van der Waals surface area contributed by atoms with Crippen molar-refractivity contribution in [2.75, 3.05) is 7.11 Å². The summed E-state index contributed by atoms with van der Waals surface area (Å²) in [7, 11) is 1.64. The molecule has 3 nitrogen and oxygen atoms in total. The minimum atomic E-state index is 0.760. The van der Waals surface area contributed by atoms with Gasteiger partial charge in [0.2, 0.25) is 0 Å². The van der Waals surface area contributed by atoms with Crippen molar-refractivity contribution in [3.05, 3.63) is 28.9 Å². The van der Waals surface area contributed by atoms with Crippen LogP contribution in [0.5, 0.6) is 5.75 Å². The van der Waals surface area contributed by atoms with Crippen molar-refractivity contribution in [1.29, 1.82) is 0 Å². The molecule has 0 bridgehead atoms. The topological polar surface area (TPSA) is 35.0 Å². The van der Waals surface area contributed by atoms with Gasteiger partial charge in [-0.05, 0) is 26.0 Å². The Balaban J connectivity index is 0.000000829. The van der Waals surface area contributed by atoms with Crippen LogP contribution in [0, 0.1) is 0 Å². The Morgan fingerprint density at radius 2 is 1.45 bits per heavy atom. The van der Waals surface area contributed by atoms with Crippen LogP contribution in [0.15, 0.2) is 18.2 Å². The maximum atomic E-state index is 5.27. The Kier molecular flexibility index (Phi) is 9.01. The lowest BCUT2D eigenvalue weighted by molar-refractivity contribution is 0.418. The molecule has 0 aliphatic carbocycles. The summed E-state index contributed by atoms with van der Waals surface area (Å²) in [6.07, 6.45) is 3.91. The minimum Gasteiger partial charge on any atom is -0.494 e. The van der Waals surface area contributed by atoms with E-state index in [1.54, 1.807) is 7.11 Å². The van der Waals surface area contributed by atoms with E-state index in [4.69, 9.17) is 4.74 Å². The third-order valence-electron chi connectivity index (χ3n) is 2.48. The molecule has 1 aromatic heterocycles. The van der Waals surface area contributed by atoms with E-state index in [9.17, 15) is 0 Å². The number of methoxy groups -OCH3 is 1. The second kappa shape index (κ2) is 9.96. The summed E-state index contributed by atoms with van der Waals surface area (Å²) in [4.78, 5) is 9.10. The van der Waals surface area contributed by atoms with Gasteiger partial charge >= 0.3 is 0 Å². The smallest absolute Gasteiger partial charge is 0.146 e. The Bertz CT molecular complexity index is 633. The molecule has 0 saturated carbocycles. The van der Waals surface area contributed by atoms with Gasteiger partial charge in [-0.25, -0.2) is 9.97 Å². The highest BCUT2D eigenvalue weighted by molar-refractivity contribution is 5.80. The van der Waals surface area contributed by atoms with Crippen LogP contribution in [0.2, 0.25) is 0 Å². The molecule has 0 atom stereocenters. The van der Waals surface area contributed by atoms with E-state index in [0.29, 0.717) is 0 Å². The Hall–Kier alpha value is -1.90. The van der Waals surface area contributed by atoms with Gasteiger partial charge < -0.3 is 4.74 Å². The lowest BCUT2D eigenvalue weighted by Crippen LogP contribution is -2.30. The molecular formula is C17H26N2O. The average molecular weight is 274 g/mol. The predicted molar refractivity (Wildman–Crippen MR) is 88.3 cm³/mol. The minimum absolute atomic E-state index is 0.760. The molecule has 0 radical (unpaired) electrons. The van der Waals surface area contributed by atoms with Gasteiger partial charge in [-0.15, -0.1) is 0 Å². The standard InChI is InChI=1S/C13H14N2O.2C2H6/c1-4-9-10(5-2)15-13-11(14-9)7-6-8-12(13)16-3;2*1-2/h4-8H,1-3H3;2*1-2H3/b9-4+,10-5+;;. The maximum absolute atomic E-state index is 5.27. The quantitative estimate of drug-likeness (QED) is 0.800. The first kappa shape index (κ1) is 18.1. The van der Waals surface area contributed by atoms with Crippen LogP contribution in [-0.2, 0) is 0 Å². The van der Waals surface area contributed by atoms with Crippen LogP contribution in [0.1, 0.15) is 41.5 Å². The normalized spacial score (nSPS) is 11.3. The van der Waals surface area contributed by atoms with E-state index >= 15 is 0 Å². The SMILES string of the molecule is C/C=c1/nc2cccc(OC)c2n/c1=C/C.CC.CC. The highest BCUT2D eigenvalue weighted by atomic mass is 16.5. The number of aromatic nitrogens is 2. The van der Waals surface area contributed by atoms with Crippen LogP contribution >= 0.6 is 0 Å². The fourth-order valence-corrected chi connectivity index (χ4v) is 1.67. The molecule has 0 N–H and O–H groups in total. The van der Waals surface area contributed by atoms with E-state index in [2.05, 4.69) is 9.97 Å². The molecule has 2 rings (SSSR count). The number of hydrogen-bond donors (Lipinski definition) is 0. The second-order valence-electron chi connectivity index (χ2n) is 3.40. The van der Waals surface area contributed by atoms with Crippen LogP contribution < -0.4 is 15.4 Å². The molecule has 1 heterocycles. The van der Waals surface area contributed by atoms with Crippen LogP contribution in [0.4, 0.5) is 0 Å². The number of ether oxygens (including phenoxy) is 1. The largest absolute Gasteiger partial charge is 0.494 e. The summed E-state index contributed by atoms with van der Waals surface area (Å²) in [6, 6.07) is 5.76. The molecule has 0 aliphatic rings. The van der Waals surface area contributed by atoms with Crippen molar-refractivity contribution in [3.8, 4) is 5.75 Å². The molecule has 0 aliphatic heterocycles. The van der Waals surface area contributed by atoms with E-state index in [0.717, 1.165) is 27.5 Å². The van der Waals surface area contributed by atoms with E-state index < -0.39 is 0 Å². The molecule has 0 amide bonds. The fourth-order valence-electron chi connectivity index (χ4n) is 1.67. The first-order chi connectivity index (χ1) is 9.80. The number of benzene rings is 1. The van der Waals surface area contributed by atoms with E-state index in [1.165, 1.54) is 0 Å². The average Bonchev–Trinajstić information content (AvgIpc) is 2.56. The Morgan fingerprint density at radius 1 is 0.900 bits per heavy atom. The van der Waals surface area contributed by atoms with Gasteiger partial charge in [-0.2, -0.15) is 0 Å². The molecule has 0 saturated heterocycles. The molecule has 3 heteroatoms. The second-order valence-corrected chi connectivity index (χ2v) is 3.40. The fraction of sp³-hybridized carbons (Fsp3) is 0.412. The number of fused-ring (bicyclic) bond motifs is 1. The summed E-state index contributed by atoms with van der Waals surface area (Å²) in [5.74, 6) is 0.760. The lowest BCUT2D eigenvalue weighted by Gasteiger charge is -2.03. The first-order valence-corrected chi connectivity index (χ1v) is 7.23. The summed E-state index contributed by atoms with van der Waals surface area (Å²) in [6.45, 7) is 11.9. The predicted octanol–water partition coefficient (Wildman–Crippen LogP) is 3.29. The maximum Gasteiger partial charge on any atom is 0.146 e. The van der Waals surface area contributed by atoms with Gasteiger partial charge in [0.05, 0.1) is 23.3 Å². The zero-order chi connectivity index (χ0) is 15.5. The summed E-state index contributed by atoms with van der Waals surface area (Å²) in [5, 5.41) is 1.79. The van der Waals surface area contributed by atoms with Crippen molar-refractivity contribution in [2.45, 2.75) is 41.5 Å². The van der Waals surface area contributed by atoms with Crippen molar-refractivity contribution in [3.63, 3.8) is 0 Å². The molecule has 110 valence electrons. The molecule has 20 heavy (non-hydrogen) atoms. The third-order valence-corrected chi connectivity index (χ3v) is 2.48. The van der Waals surface area contributed by atoms with E-state index in [-0.39, 0.29) is 0 Å².